The van der Waals surface area contributed by atoms with Crippen LogP contribution in [0.3, 0.4) is 0 Å². The fourth-order valence-corrected chi connectivity index (χ4v) is 4.03. The van der Waals surface area contributed by atoms with Gasteiger partial charge in [-0.2, -0.15) is 0 Å². The highest BCUT2D eigenvalue weighted by Gasteiger charge is 2.46. The van der Waals surface area contributed by atoms with Crippen LogP contribution in [0.4, 0.5) is 0 Å². The molecule has 0 aliphatic carbocycles. The number of fused-ring (bicyclic) bond motifs is 1. The van der Waals surface area contributed by atoms with Crippen LogP contribution >= 0.6 is 0 Å². The molecule has 1 heterocycles. The van der Waals surface area contributed by atoms with Gasteiger partial charge in [0.15, 0.2) is 23.0 Å². The maximum Gasteiger partial charge on any atom is 0.341 e. The van der Waals surface area contributed by atoms with Crippen LogP contribution < -0.4 is 9.47 Å². The molecule has 0 aromatic heterocycles. The van der Waals surface area contributed by atoms with Crippen LogP contribution in [-0.4, -0.2) is 30.4 Å². The lowest BCUT2D eigenvalue weighted by Gasteiger charge is -2.27. The highest BCUT2D eigenvalue weighted by atomic mass is 16.7. The minimum absolute atomic E-state index is 0.0355. The number of benzene rings is 2. The Morgan fingerprint density at radius 1 is 0.969 bits per heavy atom. The van der Waals surface area contributed by atoms with Crippen molar-refractivity contribution in [3.05, 3.63) is 41.0 Å². The molecular formula is C25H32O7. The Balaban J connectivity index is 2.03. The van der Waals surface area contributed by atoms with E-state index in [0.717, 1.165) is 32.1 Å². The number of hydrogen-bond donors (Lipinski definition) is 2. The van der Waals surface area contributed by atoms with Gasteiger partial charge in [0.25, 0.3) is 0 Å². The second-order valence-corrected chi connectivity index (χ2v) is 8.01. The molecule has 2 aromatic carbocycles. The number of phenols is 2. The molecule has 1 unspecified atom stereocenters. The summed E-state index contributed by atoms with van der Waals surface area (Å²) in [5.74, 6) is -0.992. The standard InChI is InChI=1S/C25H32O7/c1-5-7-9-10-16-12-17(26)13-20(27)23(16)31-22-14-18-19(15-21(22)29-3)25(30-4,11-8-6-2)32-24(18)28/h12-15,26-27H,5-11H2,1-4H3. The smallest absolute Gasteiger partial charge is 0.341 e. The van der Waals surface area contributed by atoms with Gasteiger partial charge in [-0.05, 0) is 37.5 Å². The molecular weight excluding hydrogens is 412 g/mol. The van der Waals surface area contributed by atoms with Gasteiger partial charge in [0.05, 0.1) is 12.7 Å². The first-order valence-corrected chi connectivity index (χ1v) is 11.1. The van der Waals surface area contributed by atoms with E-state index in [9.17, 15) is 15.0 Å². The van der Waals surface area contributed by atoms with Gasteiger partial charge in [0.2, 0.25) is 5.79 Å². The van der Waals surface area contributed by atoms with Crippen LogP contribution in [-0.2, 0) is 21.7 Å². The summed E-state index contributed by atoms with van der Waals surface area (Å²) in [6.45, 7) is 4.16. The first-order chi connectivity index (χ1) is 15.4. The average Bonchev–Trinajstić information content (AvgIpc) is 3.05. The number of carbonyl (C=O) groups excluding carboxylic acids is 1. The minimum atomic E-state index is -1.15. The SMILES string of the molecule is CCCCCc1cc(O)cc(O)c1Oc1cc2c(cc1OC)C(CCCC)(OC)OC2=O. The summed E-state index contributed by atoms with van der Waals surface area (Å²) in [7, 11) is 3.03. The predicted octanol–water partition coefficient (Wildman–Crippen LogP) is 5.79. The van der Waals surface area contributed by atoms with Gasteiger partial charge in [0, 0.05) is 30.7 Å². The van der Waals surface area contributed by atoms with Crippen molar-refractivity contribution >= 4 is 5.97 Å². The highest BCUT2D eigenvalue weighted by molar-refractivity contribution is 5.95. The lowest BCUT2D eigenvalue weighted by atomic mass is 9.96. The van der Waals surface area contributed by atoms with Crippen LogP contribution in [0, 0.1) is 0 Å². The van der Waals surface area contributed by atoms with Gasteiger partial charge in [-0.1, -0.05) is 33.1 Å². The third-order valence-electron chi connectivity index (χ3n) is 5.77. The number of carbonyl (C=O) groups is 1. The number of cyclic esters (lactones) is 1. The molecule has 0 fully saturated rings. The van der Waals surface area contributed by atoms with Gasteiger partial charge in [-0.3, -0.25) is 0 Å². The Labute approximate surface area is 188 Å². The fraction of sp³-hybridized carbons (Fsp3) is 0.480. The molecule has 2 N–H and O–H groups in total. The van der Waals surface area contributed by atoms with Gasteiger partial charge >= 0.3 is 5.97 Å². The summed E-state index contributed by atoms with van der Waals surface area (Å²) >= 11 is 0. The summed E-state index contributed by atoms with van der Waals surface area (Å²) in [4.78, 5) is 12.7. The van der Waals surface area contributed by atoms with Crippen molar-refractivity contribution in [2.75, 3.05) is 14.2 Å². The third-order valence-corrected chi connectivity index (χ3v) is 5.77. The number of esters is 1. The largest absolute Gasteiger partial charge is 0.508 e. The van der Waals surface area contributed by atoms with Crippen LogP contribution in [0.2, 0.25) is 0 Å². The minimum Gasteiger partial charge on any atom is -0.508 e. The molecule has 0 saturated carbocycles. The summed E-state index contributed by atoms with van der Waals surface area (Å²) < 4.78 is 22.9. The third kappa shape index (κ3) is 4.63. The maximum atomic E-state index is 12.7. The van der Waals surface area contributed by atoms with E-state index in [-0.39, 0.29) is 23.0 Å². The van der Waals surface area contributed by atoms with E-state index in [1.54, 1.807) is 18.2 Å². The molecule has 2 aromatic rings. The first-order valence-electron chi connectivity index (χ1n) is 11.1. The summed E-state index contributed by atoms with van der Waals surface area (Å²) in [6.07, 6.45) is 5.85. The molecule has 0 amide bonds. The Morgan fingerprint density at radius 2 is 1.72 bits per heavy atom. The van der Waals surface area contributed by atoms with Gasteiger partial charge in [-0.25, -0.2) is 4.79 Å². The van der Waals surface area contributed by atoms with Crippen molar-refractivity contribution in [1.82, 2.24) is 0 Å². The molecule has 0 bridgehead atoms. The van der Waals surface area contributed by atoms with Crippen LogP contribution in [0.1, 0.15) is 73.9 Å². The van der Waals surface area contributed by atoms with Gasteiger partial charge < -0.3 is 29.2 Å². The van der Waals surface area contributed by atoms with E-state index in [1.807, 2.05) is 0 Å². The van der Waals surface area contributed by atoms with Crippen molar-refractivity contribution in [3.63, 3.8) is 0 Å². The Bertz CT molecular complexity index is 969. The number of unbranched alkanes of at least 4 members (excludes halogenated alkanes) is 3. The molecule has 3 rings (SSSR count). The quantitative estimate of drug-likeness (QED) is 0.334. The van der Waals surface area contributed by atoms with Gasteiger partial charge in [-0.15, -0.1) is 0 Å². The molecule has 0 radical (unpaired) electrons. The van der Waals surface area contributed by atoms with Crippen molar-refractivity contribution in [2.24, 2.45) is 0 Å². The molecule has 7 nitrogen and oxygen atoms in total. The normalized spacial score (nSPS) is 17.2. The second-order valence-electron chi connectivity index (χ2n) is 8.01. The average molecular weight is 445 g/mol. The molecule has 32 heavy (non-hydrogen) atoms. The monoisotopic (exact) mass is 444 g/mol. The Morgan fingerprint density at radius 3 is 2.38 bits per heavy atom. The zero-order valence-electron chi connectivity index (χ0n) is 19.2. The van der Waals surface area contributed by atoms with Crippen molar-refractivity contribution < 1.29 is 34.0 Å². The number of aryl methyl sites for hydroxylation is 1. The molecule has 0 saturated heterocycles. The van der Waals surface area contributed by atoms with Crippen LogP contribution in [0.5, 0.6) is 28.7 Å². The fourth-order valence-electron chi connectivity index (χ4n) is 4.03. The molecule has 174 valence electrons. The van der Waals surface area contributed by atoms with Crippen molar-refractivity contribution in [3.8, 4) is 28.7 Å². The van der Waals surface area contributed by atoms with Crippen molar-refractivity contribution in [2.45, 2.75) is 64.6 Å². The maximum absolute atomic E-state index is 12.7. The summed E-state index contributed by atoms with van der Waals surface area (Å²) in [6, 6.07) is 6.07. The number of hydrogen-bond acceptors (Lipinski definition) is 7. The molecule has 1 atom stereocenters. The van der Waals surface area contributed by atoms with Crippen LogP contribution in [0.25, 0.3) is 0 Å². The number of aromatic hydroxyl groups is 2. The molecule has 7 heteroatoms. The summed E-state index contributed by atoms with van der Waals surface area (Å²) in [5.41, 5.74) is 1.61. The topological polar surface area (TPSA) is 94.5 Å². The zero-order chi connectivity index (χ0) is 23.3. The van der Waals surface area contributed by atoms with E-state index in [4.69, 9.17) is 18.9 Å². The molecule has 0 spiro atoms. The predicted molar refractivity (Wildman–Crippen MR) is 120 cm³/mol. The number of rotatable bonds is 11. The van der Waals surface area contributed by atoms with E-state index < -0.39 is 11.8 Å². The van der Waals surface area contributed by atoms with E-state index in [0.29, 0.717) is 35.3 Å². The summed E-state index contributed by atoms with van der Waals surface area (Å²) in [5, 5.41) is 20.4. The van der Waals surface area contributed by atoms with E-state index in [2.05, 4.69) is 13.8 Å². The zero-order valence-corrected chi connectivity index (χ0v) is 19.2. The van der Waals surface area contributed by atoms with Gasteiger partial charge in [0.1, 0.15) is 5.75 Å². The second kappa shape index (κ2) is 10.1. The van der Waals surface area contributed by atoms with Crippen molar-refractivity contribution in [1.29, 1.82) is 0 Å². The Hall–Kier alpha value is -2.93. The first kappa shape index (κ1) is 23.7. The number of methoxy groups -OCH3 is 2. The number of phenolic OH excluding ortho intramolecular Hbond substituents is 2. The van der Waals surface area contributed by atoms with E-state index in [1.165, 1.54) is 20.3 Å². The highest BCUT2D eigenvalue weighted by Crippen LogP contribution is 2.47. The lowest BCUT2D eigenvalue weighted by molar-refractivity contribution is -0.191. The molecule has 1 aliphatic heterocycles. The van der Waals surface area contributed by atoms with E-state index >= 15 is 0 Å². The number of ether oxygens (including phenoxy) is 4. The lowest BCUT2D eigenvalue weighted by Crippen LogP contribution is -2.28. The Kier molecular flexibility index (Phi) is 7.51. The molecule has 1 aliphatic rings. The van der Waals surface area contributed by atoms with Crippen LogP contribution in [0.15, 0.2) is 24.3 Å².